The number of ether oxygens (including phenoxy) is 1. The van der Waals surface area contributed by atoms with Crippen molar-refractivity contribution in [2.75, 3.05) is 13.7 Å². The van der Waals surface area contributed by atoms with Gasteiger partial charge in [-0.05, 0) is 55.0 Å². The number of rotatable bonds is 5. The van der Waals surface area contributed by atoms with E-state index in [4.69, 9.17) is 14.3 Å². The molecule has 0 aliphatic carbocycles. The van der Waals surface area contributed by atoms with E-state index < -0.39 is 0 Å². The molecule has 28 heavy (non-hydrogen) atoms. The lowest BCUT2D eigenvalue weighted by Crippen LogP contribution is -2.14. The van der Waals surface area contributed by atoms with E-state index in [-0.39, 0.29) is 0 Å². The molecule has 0 radical (unpaired) electrons. The standard InChI is InChI=1S/C22H21N3O2S/c1-4-23-22-25(24-15(2)21-6-5-11-27-21)20(14-28-22)18-8-7-17-13-19(26-3)10-9-16(17)12-18/h5-14H,4H2,1-3H3. The molecule has 142 valence electrons. The molecule has 5 nitrogen and oxygen atoms in total. The maximum absolute atomic E-state index is 5.49. The number of benzene rings is 2. The summed E-state index contributed by atoms with van der Waals surface area (Å²) in [5, 5.41) is 9.18. The summed E-state index contributed by atoms with van der Waals surface area (Å²) >= 11 is 1.58. The van der Waals surface area contributed by atoms with Crippen molar-refractivity contribution in [1.82, 2.24) is 4.68 Å². The van der Waals surface area contributed by atoms with Gasteiger partial charge < -0.3 is 9.15 Å². The Hall–Kier alpha value is -3.12. The van der Waals surface area contributed by atoms with Crippen molar-refractivity contribution in [2.24, 2.45) is 10.1 Å². The van der Waals surface area contributed by atoms with E-state index in [2.05, 4.69) is 34.6 Å². The van der Waals surface area contributed by atoms with E-state index in [0.29, 0.717) is 6.54 Å². The second-order valence-electron chi connectivity index (χ2n) is 6.28. The zero-order valence-electron chi connectivity index (χ0n) is 16.0. The van der Waals surface area contributed by atoms with Gasteiger partial charge in [-0.15, -0.1) is 11.3 Å². The number of nitrogens with zero attached hydrogens (tertiary/aromatic N) is 3. The molecular weight excluding hydrogens is 370 g/mol. The predicted molar refractivity (Wildman–Crippen MR) is 114 cm³/mol. The fraction of sp³-hybridized carbons (Fsp3) is 0.182. The number of furan rings is 1. The van der Waals surface area contributed by atoms with Gasteiger partial charge in [-0.25, -0.2) is 4.68 Å². The quantitative estimate of drug-likeness (QED) is 0.441. The Bertz CT molecular complexity index is 1200. The van der Waals surface area contributed by atoms with Gasteiger partial charge in [0, 0.05) is 17.5 Å². The van der Waals surface area contributed by atoms with Crippen molar-refractivity contribution in [3.05, 3.63) is 70.7 Å². The first-order chi connectivity index (χ1) is 13.7. The number of aromatic nitrogens is 1. The number of fused-ring (bicyclic) bond motifs is 1. The molecule has 0 bridgehead atoms. The molecule has 0 amide bonds. The smallest absolute Gasteiger partial charge is 0.206 e. The summed E-state index contributed by atoms with van der Waals surface area (Å²) in [5.74, 6) is 1.60. The number of hydrogen-bond donors (Lipinski definition) is 0. The first-order valence-electron chi connectivity index (χ1n) is 9.08. The first kappa shape index (κ1) is 18.3. The van der Waals surface area contributed by atoms with Gasteiger partial charge in [0.25, 0.3) is 0 Å². The van der Waals surface area contributed by atoms with Crippen LogP contribution in [0.4, 0.5) is 0 Å². The molecule has 6 heteroatoms. The van der Waals surface area contributed by atoms with Gasteiger partial charge >= 0.3 is 0 Å². The average molecular weight is 391 g/mol. The van der Waals surface area contributed by atoms with Crippen LogP contribution in [0.3, 0.4) is 0 Å². The second-order valence-corrected chi connectivity index (χ2v) is 7.12. The summed E-state index contributed by atoms with van der Waals surface area (Å²) in [6, 6.07) is 16.2. The number of methoxy groups -OCH3 is 1. The van der Waals surface area contributed by atoms with E-state index >= 15 is 0 Å². The highest BCUT2D eigenvalue weighted by atomic mass is 32.1. The molecule has 0 atom stereocenters. The largest absolute Gasteiger partial charge is 0.497 e. The highest BCUT2D eigenvalue weighted by Crippen LogP contribution is 2.27. The fourth-order valence-corrected chi connectivity index (χ4v) is 3.93. The summed E-state index contributed by atoms with van der Waals surface area (Å²) in [7, 11) is 1.68. The zero-order valence-corrected chi connectivity index (χ0v) is 16.9. The van der Waals surface area contributed by atoms with Crippen molar-refractivity contribution in [1.29, 1.82) is 0 Å². The summed E-state index contributed by atoms with van der Waals surface area (Å²) in [5.41, 5.74) is 2.89. The Kier molecular flexibility index (Phi) is 5.12. The average Bonchev–Trinajstić information content (AvgIpc) is 3.38. The van der Waals surface area contributed by atoms with Gasteiger partial charge in [-0.1, -0.05) is 18.2 Å². The molecule has 0 N–H and O–H groups in total. The Balaban J connectivity index is 1.85. The van der Waals surface area contributed by atoms with Crippen molar-refractivity contribution < 1.29 is 9.15 Å². The highest BCUT2D eigenvalue weighted by Gasteiger charge is 2.10. The van der Waals surface area contributed by atoms with Gasteiger partial charge in [0.05, 0.1) is 19.1 Å². The van der Waals surface area contributed by atoms with E-state index in [1.807, 2.05) is 42.8 Å². The van der Waals surface area contributed by atoms with Crippen LogP contribution < -0.4 is 9.54 Å². The summed E-state index contributed by atoms with van der Waals surface area (Å²) in [4.78, 5) is 5.46. The Labute approximate surface area is 167 Å². The Morgan fingerprint density at radius 3 is 2.71 bits per heavy atom. The van der Waals surface area contributed by atoms with Crippen molar-refractivity contribution in [2.45, 2.75) is 13.8 Å². The maximum Gasteiger partial charge on any atom is 0.206 e. The lowest BCUT2D eigenvalue weighted by atomic mass is 10.1. The molecule has 0 aliphatic rings. The Morgan fingerprint density at radius 2 is 1.96 bits per heavy atom. The summed E-state index contributed by atoms with van der Waals surface area (Å²) in [6.07, 6.45) is 1.66. The second kappa shape index (κ2) is 7.86. The van der Waals surface area contributed by atoms with Crippen molar-refractivity contribution in [3.8, 4) is 17.0 Å². The molecule has 0 saturated heterocycles. The lowest BCUT2D eigenvalue weighted by molar-refractivity contribution is 0.415. The molecule has 0 aliphatic heterocycles. The monoisotopic (exact) mass is 391 g/mol. The molecule has 0 saturated carbocycles. The van der Waals surface area contributed by atoms with Crippen molar-refractivity contribution >= 4 is 27.8 Å². The number of hydrogen-bond acceptors (Lipinski definition) is 5. The molecular formula is C22H21N3O2S. The molecule has 4 aromatic rings. The molecule has 2 heterocycles. The minimum absolute atomic E-state index is 0.701. The Morgan fingerprint density at radius 1 is 1.14 bits per heavy atom. The van der Waals surface area contributed by atoms with Gasteiger partial charge in [-0.2, -0.15) is 5.10 Å². The van der Waals surface area contributed by atoms with Crippen LogP contribution in [0.15, 0.2) is 74.7 Å². The van der Waals surface area contributed by atoms with E-state index in [0.717, 1.165) is 44.1 Å². The van der Waals surface area contributed by atoms with Crippen LogP contribution in [0, 0.1) is 0 Å². The molecule has 2 aromatic heterocycles. The minimum atomic E-state index is 0.701. The van der Waals surface area contributed by atoms with E-state index in [1.165, 1.54) is 0 Å². The van der Waals surface area contributed by atoms with Gasteiger partial charge in [0.1, 0.15) is 17.2 Å². The lowest BCUT2D eigenvalue weighted by Gasteiger charge is -2.07. The summed E-state index contributed by atoms with van der Waals surface area (Å²) < 4.78 is 12.7. The minimum Gasteiger partial charge on any atom is -0.497 e. The van der Waals surface area contributed by atoms with Crippen LogP contribution in [0.2, 0.25) is 0 Å². The molecule has 0 fully saturated rings. The van der Waals surface area contributed by atoms with Crippen LogP contribution in [0.1, 0.15) is 19.6 Å². The zero-order chi connectivity index (χ0) is 19.5. The maximum atomic E-state index is 5.49. The van der Waals surface area contributed by atoms with E-state index in [9.17, 15) is 0 Å². The number of thiazole rings is 1. The summed E-state index contributed by atoms with van der Waals surface area (Å²) in [6.45, 7) is 4.67. The first-order valence-corrected chi connectivity index (χ1v) is 9.96. The van der Waals surface area contributed by atoms with Gasteiger partial charge in [0.2, 0.25) is 4.80 Å². The third-order valence-electron chi connectivity index (χ3n) is 4.45. The topological polar surface area (TPSA) is 52.0 Å². The van der Waals surface area contributed by atoms with Crippen molar-refractivity contribution in [3.63, 3.8) is 0 Å². The van der Waals surface area contributed by atoms with Crippen LogP contribution >= 0.6 is 11.3 Å². The third kappa shape index (κ3) is 3.51. The van der Waals surface area contributed by atoms with Crippen LogP contribution in [0.5, 0.6) is 5.75 Å². The third-order valence-corrected chi connectivity index (χ3v) is 5.30. The predicted octanol–water partition coefficient (Wildman–Crippen LogP) is 5.16. The van der Waals surface area contributed by atoms with E-state index in [1.54, 1.807) is 24.7 Å². The van der Waals surface area contributed by atoms with Crippen LogP contribution in [-0.2, 0) is 0 Å². The molecule has 0 unspecified atom stereocenters. The van der Waals surface area contributed by atoms with Gasteiger partial charge in [0.15, 0.2) is 0 Å². The normalized spacial score (nSPS) is 12.7. The van der Waals surface area contributed by atoms with Gasteiger partial charge in [-0.3, -0.25) is 4.99 Å². The SMILES string of the molecule is CCN=c1scc(-c2ccc3cc(OC)ccc3c2)n1N=C(C)c1ccco1. The highest BCUT2D eigenvalue weighted by molar-refractivity contribution is 7.07. The fourth-order valence-electron chi connectivity index (χ4n) is 3.03. The molecule has 0 spiro atoms. The molecule has 2 aromatic carbocycles. The van der Waals surface area contributed by atoms with Crippen LogP contribution in [-0.4, -0.2) is 24.0 Å². The molecule has 4 rings (SSSR count). The van der Waals surface area contributed by atoms with Crippen LogP contribution in [0.25, 0.3) is 22.0 Å².